The van der Waals surface area contributed by atoms with Crippen LogP contribution in [0.1, 0.15) is 38.5 Å². The zero-order chi connectivity index (χ0) is 16.5. The quantitative estimate of drug-likeness (QED) is 0.581. The molecule has 0 spiro atoms. The van der Waals surface area contributed by atoms with E-state index in [4.69, 9.17) is 4.55 Å². The second kappa shape index (κ2) is 6.37. The van der Waals surface area contributed by atoms with Crippen molar-refractivity contribution in [3.63, 3.8) is 0 Å². The van der Waals surface area contributed by atoms with E-state index in [2.05, 4.69) is 4.74 Å². The van der Waals surface area contributed by atoms with Crippen LogP contribution in [-0.4, -0.2) is 42.0 Å². The summed E-state index contributed by atoms with van der Waals surface area (Å²) in [5, 5.41) is 5.25. The summed E-state index contributed by atoms with van der Waals surface area (Å²) in [4.78, 5) is 11.1. The van der Waals surface area contributed by atoms with Crippen LogP contribution in [0.25, 0.3) is 0 Å². The van der Waals surface area contributed by atoms with Crippen molar-refractivity contribution in [2.75, 3.05) is 6.61 Å². The standard InChI is InChI=1S/C13H20F2O6S/c14-13(15,22(18,19)20)12(17)21-5-4-10-7-8-2-1-3-9(6-8)11(10)16/h8-11,16H,1-7H2,(H,18,19,20). The van der Waals surface area contributed by atoms with Gasteiger partial charge in [0.15, 0.2) is 0 Å². The van der Waals surface area contributed by atoms with E-state index in [1.54, 1.807) is 0 Å². The molecule has 2 bridgehead atoms. The first-order valence-electron chi connectivity index (χ1n) is 7.33. The monoisotopic (exact) mass is 342 g/mol. The first-order valence-corrected chi connectivity index (χ1v) is 8.77. The van der Waals surface area contributed by atoms with Crippen LogP contribution in [0, 0.1) is 17.8 Å². The van der Waals surface area contributed by atoms with Crippen LogP contribution in [0.5, 0.6) is 0 Å². The minimum atomic E-state index is -5.84. The highest BCUT2D eigenvalue weighted by molar-refractivity contribution is 7.87. The molecule has 128 valence electrons. The van der Waals surface area contributed by atoms with Crippen LogP contribution >= 0.6 is 0 Å². The summed E-state index contributed by atoms with van der Waals surface area (Å²) >= 11 is 0. The minimum absolute atomic E-state index is 0.142. The molecule has 2 aliphatic carbocycles. The lowest BCUT2D eigenvalue weighted by Gasteiger charge is -2.42. The fraction of sp³-hybridized carbons (Fsp3) is 0.923. The molecule has 4 atom stereocenters. The van der Waals surface area contributed by atoms with Crippen molar-refractivity contribution < 1.29 is 36.4 Å². The van der Waals surface area contributed by atoms with Crippen molar-refractivity contribution in [1.29, 1.82) is 0 Å². The topological polar surface area (TPSA) is 101 Å². The summed E-state index contributed by atoms with van der Waals surface area (Å²) in [7, 11) is -5.84. The molecule has 0 aromatic carbocycles. The van der Waals surface area contributed by atoms with Gasteiger partial charge in [-0.25, -0.2) is 4.79 Å². The van der Waals surface area contributed by atoms with Gasteiger partial charge < -0.3 is 9.84 Å². The maximum atomic E-state index is 13.0. The van der Waals surface area contributed by atoms with Crippen molar-refractivity contribution in [3.05, 3.63) is 0 Å². The average molecular weight is 342 g/mol. The van der Waals surface area contributed by atoms with Crippen molar-refractivity contribution in [2.45, 2.75) is 49.9 Å². The number of fused-ring (bicyclic) bond motifs is 2. The van der Waals surface area contributed by atoms with Gasteiger partial charge in [0, 0.05) is 0 Å². The van der Waals surface area contributed by atoms with Gasteiger partial charge in [-0.05, 0) is 43.4 Å². The van der Waals surface area contributed by atoms with Gasteiger partial charge in [0.05, 0.1) is 12.7 Å². The molecule has 0 amide bonds. The Hall–Kier alpha value is -0.800. The number of carbonyl (C=O) groups excluding carboxylic acids is 1. The van der Waals surface area contributed by atoms with Crippen LogP contribution in [-0.2, 0) is 19.6 Å². The number of rotatable bonds is 5. The number of aliphatic hydroxyl groups is 1. The molecule has 2 rings (SSSR count). The molecule has 0 saturated heterocycles. The average Bonchev–Trinajstić information content (AvgIpc) is 2.43. The normalized spacial score (nSPS) is 32.5. The van der Waals surface area contributed by atoms with Crippen molar-refractivity contribution in [3.8, 4) is 0 Å². The molecular weight excluding hydrogens is 322 g/mol. The van der Waals surface area contributed by atoms with Gasteiger partial charge in [-0.15, -0.1) is 0 Å². The summed E-state index contributed by atoms with van der Waals surface area (Å²) in [5.74, 6) is -1.73. The number of hydrogen-bond donors (Lipinski definition) is 2. The molecule has 2 saturated carbocycles. The highest BCUT2D eigenvalue weighted by Gasteiger charge is 2.54. The second-order valence-corrected chi connectivity index (χ2v) is 7.66. The summed E-state index contributed by atoms with van der Waals surface area (Å²) < 4.78 is 59.4. The highest BCUT2D eigenvalue weighted by Crippen LogP contribution is 2.43. The third kappa shape index (κ3) is 3.57. The van der Waals surface area contributed by atoms with Gasteiger partial charge in [-0.2, -0.15) is 17.2 Å². The molecule has 4 unspecified atom stereocenters. The molecule has 0 heterocycles. The van der Waals surface area contributed by atoms with E-state index < -0.39 is 34.1 Å². The van der Waals surface area contributed by atoms with Gasteiger partial charge >= 0.3 is 21.3 Å². The molecule has 9 heteroatoms. The predicted octanol–water partition coefficient (Wildman–Crippen LogP) is 1.59. The summed E-state index contributed by atoms with van der Waals surface area (Å²) in [6.45, 7) is -0.412. The molecule has 0 radical (unpaired) electrons. The van der Waals surface area contributed by atoms with Gasteiger partial charge in [0.2, 0.25) is 0 Å². The third-order valence-corrected chi connectivity index (χ3v) is 5.52. The molecule has 6 nitrogen and oxygen atoms in total. The Bertz CT molecular complexity index is 521. The Labute approximate surface area is 127 Å². The van der Waals surface area contributed by atoms with Crippen LogP contribution in [0.4, 0.5) is 8.78 Å². The van der Waals surface area contributed by atoms with Crippen molar-refractivity contribution in [1.82, 2.24) is 0 Å². The number of carbonyl (C=O) groups is 1. The molecule has 0 aromatic rings. The number of aliphatic hydroxyl groups excluding tert-OH is 1. The maximum Gasteiger partial charge on any atom is 0.465 e. The number of hydrogen-bond acceptors (Lipinski definition) is 5. The van der Waals surface area contributed by atoms with Crippen molar-refractivity contribution in [2.24, 2.45) is 17.8 Å². The van der Waals surface area contributed by atoms with Crippen LogP contribution in [0.2, 0.25) is 0 Å². The second-order valence-electron chi connectivity index (χ2n) is 6.20. The number of ether oxygens (including phenoxy) is 1. The van der Waals surface area contributed by atoms with Crippen LogP contribution < -0.4 is 0 Å². The third-order valence-electron chi connectivity index (χ3n) is 4.71. The lowest BCUT2D eigenvalue weighted by atomic mass is 9.66. The van der Waals surface area contributed by atoms with E-state index in [9.17, 15) is 27.1 Å². The highest BCUT2D eigenvalue weighted by atomic mass is 32.2. The lowest BCUT2D eigenvalue weighted by molar-refractivity contribution is -0.162. The summed E-state index contributed by atoms with van der Waals surface area (Å²) in [6.07, 6.45) is 4.48. The minimum Gasteiger partial charge on any atom is -0.460 e. The zero-order valence-electron chi connectivity index (χ0n) is 12.0. The Kier molecular flexibility index (Phi) is 5.08. The Morgan fingerprint density at radius 3 is 2.59 bits per heavy atom. The summed E-state index contributed by atoms with van der Waals surface area (Å²) in [5.41, 5.74) is 0. The summed E-state index contributed by atoms with van der Waals surface area (Å²) in [6, 6.07) is 0. The SMILES string of the molecule is O=C(OCCC1CC2CCCC(C2)C1O)C(F)(F)S(=O)(=O)O. The van der Waals surface area contributed by atoms with Crippen LogP contribution in [0.3, 0.4) is 0 Å². The fourth-order valence-electron chi connectivity index (χ4n) is 3.59. The number of esters is 1. The maximum absolute atomic E-state index is 13.0. The van der Waals surface area contributed by atoms with E-state index in [1.165, 1.54) is 0 Å². The van der Waals surface area contributed by atoms with Gasteiger partial charge in [0.25, 0.3) is 0 Å². The number of alkyl halides is 2. The Morgan fingerprint density at radius 1 is 1.27 bits per heavy atom. The van der Waals surface area contributed by atoms with Gasteiger partial charge in [-0.1, -0.05) is 12.8 Å². The van der Waals surface area contributed by atoms with E-state index in [0.717, 1.165) is 32.1 Å². The van der Waals surface area contributed by atoms with Gasteiger partial charge in [0.1, 0.15) is 0 Å². The first-order chi connectivity index (χ1) is 10.1. The Morgan fingerprint density at radius 2 is 1.95 bits per heavy atom. The van der Waals surface area contributed by atoms with Crippen molar-refractivity contribution >= 4 is 16.1 Å². The van der Waals surface area contributed by atoms with E-state index in [-0.39, 0.29) is 18.3 Å². The number of halogens is 2. The Balaban J connectivity index is 1.85. The van der Waals surface area contributed by atoms with Gasteiger partial charge in [-0.3, -0.25) is 4.55 Å². The molecule has 22 heavy (non-hydrogen) atoms. The van der Waals surface area contributed by atoms with E-state index in [0.29, 0.717) is 5.92 Å². The molecule has 0 aliphatic heterocycles. The fourth-order valence-corrected chi connectivity index (χ4v) is 3.86. The molecule has 2 N–H and O–H groups in total. The smallest absolute Gasteiger partial charge is 0.460 e. The molecule has 2 aliphatic rings. The van der Waals surface area contributed by atoms with Crippen LogP contribution in [0.15, 0.2) is 0 Å². The first kappa shape index (κ1) is 17.6. The predicted molar refractivity (Wildman–Crippen MR) is 71.6 cm³/mol. The zero-order valence-corrected chi connectivity index (χ0v) is 12.8. The van der Waals surface area contributed by atoms with E-state index >= 15 is 0 Å². The largest absolute Gasteiger partial charge is 0.465 e. The molecule has 0 aromatic heterocycles. The lowest BCUT2D eigenvalue weighted by Crippen LogP contribution is -2.41. The molecular formula is C13H20F2O6S. The van der Waals surface area contributed by atoms with E-state index in [1.807, 2.05) is 0 Å². The molecule has 2 fully saturated rings.